The van der Waals surface area contributed by atoms with E-state index in [4.69, 9.17) is 0 Å². The van der Waals surface area contributed by atoms with Gasteiger partial charge in [-0.2, -0.15) is 0 Å². The van der Waals surface area contributed by atoms with Gasteiger partial charge in [-0.1, -0.05) is 54.2 Å². The van der Waals surface area contributed by atoms with E-state index in [1.165, 1.54) is 0 Å². The third kappa shape index (κ3) is 7.78. The molecular weight excluding hydrogens is 246 g/mol. The molecule has 0 aromatic carbocycles. The molecule has 1 aromatic rings. The van der Waals surface area contributed by atoms with E-state index in [9.17, 15) is 4.79 Å². The highest BCUT2D eigenvalue weighted by molar-refractivity contribution is 5.62. The second-order valence-electron chi connectivity index (χ2n) is 3.28. The maximum atomic E-state index is 11.6. The average Bonchev–Trinajstić information content (AvgIpc) is 2.51. The van der Waals surface area contributed by atoms with Crippen LogP contribution in [0.25, 0.3) is 11.8 Å². The van der Waals surface area contributed by atoms with Crippen LogP contribution in [0.5, 0.6) is 0 Å². The number of hydrogen-bond donors (Lipinski definition) is 0. The van der Waals surface area contributed by atoms with Crippen LogP contribution in [-0.4, -0.2) is 4.57 Å². The summed E-state index contributed by atoms with van der Waals surface area (Å²) in [5.74, 6) is 0. The molecule has 0 spiro atoms. The van der Waals surface area contributed by atoms with E-state index in [0.717, 1.165) is 16.8 Å². The van der Waals surface area contributed by atoms with Gasteiger partial charge in [0.1, 0.15) is 0 Å². The summed E-state index contributed by atoms with van der Waals surface area (Å²) in [5.41, 5.74) is 2.93. The Morgan fingerprint density at radius 1 is 1.10 bits per heavy atom. The van der Waals surface area contributed by atoms with Crippen LogP contribution in [-0.2, 0) is 0 Å². The van der Waals surface area contributed by atoms with Gasteiger partial charge in [-0.15, -0.1) is 0 Å². The molecule has 0 saturated carbocycles. The monoisotopic (exact) mass is 279 g/mol. The van der Waals surface area contributed by atoms with Crippen molar-refractivity contribution in [3.63, 3.8) is 0 Å². The second kappa shape index (κ2) is 15.5. The van der Waals surface area contributed by atoms with Gasteiger partial charge in [0.15, 0.2) is 0 Å². The van der Waals surface area contributed by atoms with Crippen LogP contribution in [0.15, 0.2) is 29.6 Å². The van der Waals surface area contributed by atoms with Crippen LogP contribution in [0.3, 0.4) is 0 Å². The normalized spacial score (nSPS) is 8.95. The Balaban J connectivity index is -0.000000425. The highest BCUT2D eigenvalue weighted by atomic mass is 16.1. The first kappa shape index (κ1) is 23.5. The third-order valence-electron chi connectivity index (χ3n) is 2.23. The first-order valence-corrected chi connectivity index (χ1v) is 7.59. The Bertz CT molecular complexity index is 439. The zero-order valence-corrected chi connectivity index (χ0v) is 14.9. The molecule has 0 amide bonds. The molecule has 1 heterocycles. The summed E-state index contributed by atoms with van der Waals surface area (Å²) in [6.45, 7) is 21.5. The highest BCUT2D eigenvalue weighted by Gasteiger charge is 2.03. The molecule has 0 atom stereocenters. The number of pyridine rings is 1. The van der Waals surface area contributed by atoms with Gasteiger partial charge in [-0.05, 0) is 38.0 Å². The number of hydrogen-bond acceptors (Lipinski definition) is 1. The molecule has 0 aliphatic carbocycles. The number of allylic oxidation sites excluding steroid dienone is 2. The number of aryl methyl sites for hydroxylation is 1. The van der Waals surface area contributed by atoms with Gasteiger partial charge < -0.3 is 0 Å². The lowest BCUT2D eigenvalue weighted by Crippen LogP contribution is -2.17. The molecule has 0 saturated heterocycles. The van der Waals surface area contributed by atoms with E-state index in [0.29, 0.717) is 0 Å². The number of aromatic nitrogens is 1. The predicted molar refractivity (Wildman–Crippen MR) is 95.2 cm³/mol. The summed E-state index contributed by atoms with van der Waals surface area (Å²) in [6.07, 6.45) is 3.53. The van der Waals surface area contributed by atoms with E-state index >= 15 is 0 Å². The molecule has 116 valence electrons. The van der Waals surface area contributed by atoms with Crippen molar-refractivity contribution in [2.24, 2.45) is 0 Å². The van der Waals surface area contributed by atoms with Crippen molar-refractivity contribution >= 4 is 11.8 Å². The minimum Gasteiger partial charge on any atom is -0.285 e. The summed E-state index contributed by atoms with van der Waals surface area (Å²) < 4.78 is 1.56. The molecule has 0 bridgehead atoms. The predicted octanol–water partition coefficient (Wildman–Crippen LogP) is 5.76. The fraction of sp³-hybridized carbons (Fsp3) is 0.500. The van der Waals surface area contributed by atoms with Crippen LogP contribution >= 0.6 is 0 Å². The van der Waals surface area contributed by atoms with E-state index < -0.39 is 0 Å². The van der Waals surface area contributed by atoms with Crippen molar-refractivity contribution in [1.29, 1.82) is 0 Å². The van der Waals surface area contributed by atoms with Crippen LogP contribution < -0.4 is 5.56 Å². The van der Waals surface area contributed by atoms with Gasteiger partial charge in [0.05, 0.1) is 5.69 Å². The number of rotatable bonds is 2. The van der Waals surface area contributed by atoms with Crippen molar-refractivity contribution in [2.45, 2.75) is 62.3 Å². The Kier molecular flexibility index (Phi) is 18.2. The van der Waals surface area contributed by atoms with Gasteiger partial charge in [0, 0.05) is 12.3 Å². The Morgan fingerprint density at radius 2 is 1.55 bits per heavy atom. The Hall–Kier alpha value is -1.57. The van der Waals surface area contributed by atoms with Crippen molar-refractivity contribution in [2.75, 3.05) is 0 Å². The largest absolute Gasteiger partial charge is 0.285 e. The lowest BCUT2D eigenvalue weighted by atomic mass is 10.1. The highest BCUT2D eigenvalue weighted by Crippen LogP contribution is 2.13. The summed E-state index contributed by atoms with van der Waals surface area (Å²) in [5, 5.41) is 0. The SMILES string of the molecule is C=Cn1c(/C(C)=C\C)cc(C)cc1=O.CC.CC.CC. The molecule has 0 unspecified atom stereocenters. The first-order valence-electron chi connectivity index (χ1n) is 7.59. The van der Waals surface area contributed by atoms with Gasteiger partial charge in [-0.3, -0.25) is 9.36 Å². The summed E-state index contributed by atoms with van der Waals surface area (Å²) >= 11 is 0. The molecule has 1 rings (SSSR count). The summed E-state index contributed by atoms with van der Waals surface area (Å²) in [7, 11) is 0. The lowest BCUT2D eigenvalue weighted by molar-refractivity contribution is 1.02. The van der Waals surface area contributed by atoms with Gasteiger partial charge in [0.2, 0.25) is 0 Å². The van der Waals surface area contributed by atoms with E-state index in [1.54, 1.807) is 16.8 Å². The Morgan fingerprint density at radius 3 is 1.90 bits per heavy atom. The molecule has 2 heteroatoms. The molecule has 20 heavy (non-hydrogen) atoms. The van der Waals surface area contributed by atoms with E-state index in [-0.39, 0.29) is 5.56 Å². The summed E-state index contributed by atoms with van der Waals surface area (Å²) in [4.78, 5) is 11.6. The second-order valence-corrected chi connectivity index (χ2v) is 3.28. The first-order chi connectivity index (χ1) is 9.60. The van der Waals surface area contributed by atoms with Crippen LogP contribution in [0.4, 0.5) is 0 Å². The van der Waals surface area contributed by atoms with Gasteiger partial charge >= 0.3 is 0 Å². The average molecular weight is 279 g/mol. The molecule has 0 aliphatic rings. The maximum absolute atomic E-state index is 11.6. The van der Waals surface area contributed by atoms with Crippen LogP contribution in [0.2, 0.25) is 0 Å². The Labute approximate surface area is 125 Å². The minimum absolute atomic E-state index is 0.0313. The van der Waals surface area contributed by atoms with Gasteiger partial charge in [-0.25, -0.2) is 0 Å². The van der Waals surface area contributed by atoms with Crippen molar-refractivity contribution in [3.05, 3.63) is 46.4 Å². The fourth-order valence-electron chi connectivity index (χ4n) is 1.35. The molecular formula is C18H33NO. The van der Waals surface area contributed by atoms with Gasteiger partial charge in [0.25, 0.3) is 5.56 Å². The molecule has 0 N–H and O–H groups in total. The molecule has 0 fully saturated rings. The lowest BCUT2D eigenvalue weighted by Gasteiger charge is -2.09. The quantitative estimate of drug-likeness (QED) is 0.674. The van der Waals surface area contributed by atoms with E-state index in [2.05, 4.69) is 6.58 Å². The van der Waals surface area contributed by atoms with Crippen LogP contribution in [0, 0.1) is 6.92 Å². The van der Waals surface area contributed by atoms with Crippen molar-refractivity contribution in [1.82, 2.24) is 4.57 Å². The van der Waals surface area contributed by atoms with Crippen LogP contribution in [0.1, 0.15) is 66.6 Å². The maximum Gasteiger partial charge on any atom is 0.255 e. The molecule has 0 aliphatic heterocycles. The number of nitrogens with zero attached hydrogens (tertiary/aromatic N) is 1. The fourth-order valence-corrected chi connectivity index (χ4v) is 1.35. The molecule has 2 nitrogen and oxygen atoms in total. The molecule has 1 aromatic heterocycles. The minimum atomic E-state index is -0.0313. The van der Waals surface area contributed by atoms with Crippen molar-refractivity contribution in [3.8, 4) is 0 Å². The zero-order chi connectivity index (χ0) is 16.7. The van der Waals surface area contributed by atoms with Crippen molar-refractivity contribution < 1.29 is 0 Å². The third-order valence-corrected chi connectivity index (χ3v) is 2.23. The van der Waals surface area contributed by atoms with E-state index in [1.807, 2.05) is 74.5 Å². The topological polar surface area (TPSA) is 22.0 Å². The smallest absolute Gasteiger partial charge is 0.255 e. The summed E-state index contributed by atoms with van der Waals surface area (Å²) in [6, 6.07) is 3.59. The molecule has 0 radical (unpaired) electrons. The zero-order valence-electron chi connectivity index (χ0n) is 14.9. The standard InChI is InChI=1S/C12H15NO.3C2H6/c1-5-10(4)11-7-9(3)8-12(14)13(11)6-2;3*1-2/h5-8H,2H2,1,3-4H3;3*1-2H3/b10-5-;;;.